The zero-order valence-electron chi connectivity index (χ0n) is 9.29. The molecular weight excluding hydrogens is 294 g/mol. The molecule has 3 N–H and O–H groups in total. The van der Waals surface area contributed by atoms with Gasteiger partial charge in [0.2, 0.25) is 0 Å². The molecule has 1 aromatic heterocycles. The molecule has 0 aliphatic rings. The van der Waals surface area contributed by atoms with Crippen LogP contribution in [0.25, 0.3) is 0 Å². The van der Waals surface area contributed by atoms with Crippen molar-refractivity contribution in [3.63, 3.8) is 0 Å². The van der Waals surface area contributed by atoms with E-state index in [0.29, 0.717) is 16.3 Å². The first-order chi connectivity index (χ1) is 8.61. The van der Waals surface area contributed by atoms with Crippen LogP contribution >= 0.6 is 34.5 Å². The molecule has 1 heterocycles. The van der Waals surface area contributed by atoms with Gasteiger partial charge in [0, 0.05) is 16.9 Å². The van der Waals surface area contributed by atoms with E-state index in [9.17, 15) is 4.39 Å². The molecule has 0 radical (unpaired) electrons. The van der Waals surface area contributed by atoms with Crippen molar-refractivity contribution in [1.82, 2.24) is 5.43 Å². The standard InChI is InChI=1S/C12H11Cl2FN2S/c13-9-3-1-2-8(12(9)15)10(17-16)6-7-4-5-11(14)18-7/h1-5,10,17H,6,16H2. The fourth-order valence-electron chi connectivity index (χ4n) is 1.71. The second kappa shape index (κ2) is 5.99. The Morgan fingerprint density at radius 2 is 2.06 bits per heavy atom. The van der Waals surface area contributed by atoms with E-state index in [-0.39, 0.29) is 11.1 Å². The number of hydrogen-bond acceptors (Lipinski definition) is 3. The Hall–Kier alpha value is -0.650. The lowest BCUT2D eigenvalue weighted by Crippen LogP contribution is -2.30. The van der Waals surface area contributed by atoms with E-state index < -0.39 is 5.82 Å². The average Bonchev–Trinajstić information content (AvgIpc) is 2.76. The Kier molecular flexibility index (Phi) is 4.59. The third-order valence-corrected chi connectivity index (χ3v) is 4.14. The molecule has 18 heavy (non-hydrogen) atoms. The first-order valence-electron chi connectivity index (χ1n) is 5.26. The highest BCUT2D eigenvalue weighted by atomic mass is 35.5. The SMILES string of the molecule is NNC(Cc1ccc(Cl)s1)c1cccc(Cl)c1F. The van der Waals surface area contributed by atoms with Gasteiger partial charge in [-0.3, -0.25) is 11.3 Å². The minimum absolute atomic E-state index is 0.0944. The summed E-state index contributed by atoms with van der Waals surface area (Å²) in [5, 5.41) is 0.0944. The molecule has 0 aliphatic heterocycles. The van der Waals surface area contributed by atoms with Crippen molar-refractivity contribution >= 4 is 34.5 Å². The van der Waals surface area contributed by atoms with Crippen LogP contribution in [-0.2, 0) is 6.42 Å². The largest absolute Gasteiger partial charge is 0.271 e. The Morgan fingerprint density at radius 1 is 1.28 bits per heavy atom. The molecule has 2 rings (SSSR count). The first-order valence-corrected chi connectivity index (χ1v) is 6.83. The molecule has 0 saturated heterocycles. The van der Waals surface area contributed by atoms with Gasteiger partial charge < -0.3 is 0 Å². The maximum atomic E-state index is 13.9. The van der Waals surface area contributed by atoms with Crippen molar-refractivity contribution < 1.29 is 4.39 Å². The molecule has 1 aromatic carbocycles. The predicted molar refractivity (Wildman–Crippen MR) is 74.5 cm³/mol. The van der Waals surface area contributed by atoms with Crippen LogP contribution in [0.1, 0.15) is 16.5 Å². The third-order valence-electron chi connectivity index (χ3n) is 2.59. The van der Waals surface area contributed by atoms with Gasteiger partial charge in [0.25, 0.3) is 0 Å². The highest BCUT2D eigenvalue weighted by Crippen LogP contribution is 2.29. The van der Waals surface area contributed by atoms with Gasteiger partial charge in [0.05, 0.1) is 15.4 Å². The van der Waals surface area contributed by atoms with Gasteiger partial charge in [0.1, 0.15) is 5.82 Å². The summed E-state index contributed by atoms with van der Waals surface area (Å²) in [6.45, 7) is 0. The minimum Gasteiger partial charge on any atom is -0.271 e. The zero-order valence-corrected chi connectivity index (χ0v) is 11.6. The zero-order chi connectivity index (χ0) is 13.1. The summed E-state index contributed by atoms with van der Waals surface area (Å²) in [4.78, 5) is 1.03. The molecule has 0 amide bonds. The van der Waals surface area contributed by atoms with Gasteiger partial charge >= 0.3 is 0 Å². The van der Waals surface area contributed by atoms with E-state index in [1.807, 2.05) is 12.1 Å². The lowest BCUT2D eigenvalue weighted by Gasteiger charge is -2.16. The molecule has 6 heteroatoms. The maximum absolute atomic E-state index is 13.9. The number of thiophene rings is 1. The quantitative estimate of drug-likeness (QED) is 0.663. The van der Waals surface area contributed by atoms with E-state index in [0.717, 1.165) is 4.88 Å². The average molecular weight is 305 g/mol. The highest BCUT2D eigenvalue weighted by Gasteiger charge is 2.17. The van der Waals surface area contributed by atoms with Gasteiger partial charge in [-0.2, -0.15) is 0 Å². The summed E-state index contributed by atoms with van der Waals surface area (Å²) in [5.41, 5.74) is 3.06. The monoisotopic (exact) mass is 304 g/mol. The Balaban J connectivity index is 2.25. The molecule has 2 aromatic rings. The Labute approximate surface area is 118 Å². The second-order valence-electron chi connectivity index (χ2n) is 3.77. The molecule has 0 saturated carbocycles. The van der Waals surface area contributed by atoms with Crippen LogP contribution in [0, 0.1) is 5.82 Å². The number of halogens is 3. The summed E-state index contributed by atoms with van der Waals surface area (Å²) in [6.07, 6.45) is 0.561. The minimum atomic E-state index is -0.440. The normalized spacial score (nSPS) is 12.7. The molecule has 0 fully saturated rings. The number of nitrogens with two attached hydrogens (primary N) is 1. The number of nitrogens with one attached hydrogen (secondary N) is 1. The molecule has 2 nitrogen and oxygen atoms in total. The van der Waals surface area contributed by atoms with Gasteiger partial charge in [-0.15, -0.1) is 11.3 Å². The number of rotatable bonds is 4. The van der Waals surface area contributed by atoms with Gasteiger partial charge in [-0.25, -0.2) is 4.39 Å². The number of hydrogen-bond donors (Lipinski definition) is 2. The molecule has 1 atom stereocenters. The van der Waals surface area contributed by atoms with Crippen molar-refractivity contribution in [2.24, 2.45) is 5.84 Å². The van der Waals surface area contributed by atoms with Crippen molar-refractivity contribution in [1.29, 1.82) is 0 Å². The van der Waals surface area contributed by atoms with Crippen LogP contribution < -0.4 is 11.3 Å². The van der Waals surface area contributed by atoms with Crippen molar-refractivity contribution in [3.8, 4) is 0 Å². The highest BCUT2D eigenvalue weighted by molar-refractivity contribution is 7.16. The smallest absolute Gasteiger partial charge is 0.146 e. The van der Waals surface area contributed by atoms with Crippen LogP contribution in [0.15, 0.2) is 30.3 Å². The number of hydrazine groups is 1. The van der Waals surface area contributed by atoms with Crippen molar-refractivity contribution in [3.05, 3.63) is 55.9 Å². The van der Waals surface area contributed by atoms with Crippen LogP contribution in [0.5, 0.6) is 0 Å². The molecule has 0 aliphatic carbocycles. The fraction of sp³-hybridized carbons (Fsp3) is 0.167. The third kappa shape index (κ3) is 3.02. The lowest BCUT2D eigenvalue weighted by molar-refractivity contribution is 0.513. The van der Waals surface area contributed by atoms with Crippen LogP contribution in [0.2, 0.25) is 9.36 Å². The van der Waals surface area contributed by atoms with E-state index in [2.05, 4.69) is 5.43 Å². The first kappa shape index (κ1) is 13.8. The van der Waals surface area contributed by atoms with E-state index in [1.165, 1.54) is 17.4 Å². The maximum Gasteiger partial charge on any atom is 0.146 e. The summed E-state index contributed by atoms with van der Waals surface area (Å²) in [6, 6.07) is 8.26. The molecule has 0 spiro atoms. The van der Waals surface area contributed by atoms with E-state index in [1.54, 1.807) is 12.1 Å². The van der Waals surface area contributed by atoms with Crippen LogP contribution in [-0.4, -0.2) is 0 Å². The molecular formula is C12H11Cl2FN2S. The lowest BCUT2D eigenvalue weighted by atomic mass is 10.0. The van der Waals surface area contributed by atoms with Crippen molar-refractivity contribution in [2.75, 3.05) is 0 Å². The molecule has 0 bridgehead atoms. The van der Waals surface area contributed by atoms with E-state index >= 15 is 0 Å². The molecule has 1 unspecified atom stereocenters. The van der Waals surface area contributed by atoms with Crippen LogP contribution in [0.3, 0.4) is 0 Å². The fourth-order valence-corrected chi connectivity index (χ4v) is 3.03. The summed E-state index contributed by atoms with van der Waals surface area (Å²) >= 11 is 13.1. The van der Waals surface area contributed by atoms with Gasteiger partial charge in [0.15, 0.2) is 0 Å². The van der Waals surface area contributed by atoms with Crippen LogP contribution in [0.4, 0.5) is 4.39 Å². The topological polar surface area (TPSA) is 38.0 Å². The summed E-state index contributed by atoms with van der Waals surface area (Å²) in [7, 11) is 0. The Bertz CT molecular complexity index is 545. The summed E-state index contributed by atoms with van der Waals surface area (Å²) < 4.78 is 14.6. The van der Waals surface area contributed by atoms with Gasteiger partial charge in [-0.05, 0) is 18.2 Å². The van der Waals surface area contributed by atoms with Gasteiger partial charge in [-0.1, -0.05) is 35.3 Å². The Morgan fingerprint density at radius 3 is 2.67 bits per heavy atom. The second-order valence-corrected chi connectivity index (χ2v) is 5.98. The number of benzene rings is 1. The predicted octanol–water partition coefficient (Wildman–Crippen LogP) is 3.94. The van der Waals surface area contributed by atoms with E-state index in [4.69, 9.17) is 29.0 Å². The summed E-state index contributed by atoms with van der Waals surface area (Å²) in [5.74, 6) is 5.05. The molecule has 96 valence electrons. The van der Waals surface area contributed by atoms with Crippen molar-refractivity contribution in [2.45, 2.75) is 12.5 Å².